The summed E-state index contributed by atoms with van der Waals surface area (Å²) in [6, 6.07) is 2.03. The highest BCUT2D eigenvalue weighted by molar-refractivity contribution is 5.04. The van der Waals surface area contributed by atoms with Crippen molar-refractivity contribution in [2.75, 3.05) is 6.54 Å². The molecule has 0 spiro atoms. The molecular weight excluding hydrogens is 198 g/mol. The lowest BCUT2D eigenvalue weighted by molar-refractivity contribution is 0.262. The summed E-state index contributed by atoms with van der Waals surface area (Å²) in [6.45, 7) is 4.44. The molecule has 90 valence electrons. The van der Waals surface area contributed by atoms with Crippen LogP contribution in [0.2, 0.25) is 0 Å². The summed E-state index contributed by atoms with van der Waals surface area (Å²) in [6.07, 6.45) is 10.6. The third-order valence-corrected chi connectivity index (χ3v) is 3.89. The number of nitrogens with one attached hydrogen (secondary N) is 1. The number of furan rings is 1. The van der Waals surface area contributed by atoms with Crippen LogP contribution in [0.3, 0.4) is 0 Å². The fraction of sp³-hybridized carbons (Fsp3) is 0.714. The average Bonchev–Trinajstić information content (AvgIpc) is 2.83. The van der Waals surface area contributed by atoms with Crippen molar-refractivity contribution >= 4 is 0 Å². The van der Waals surface area contributed by atoms with Crippen LogP contribution >= 0.6 is 0 Å². The maximum atomic E-state index is 5.05. The van der Waals surface area contributed by atoms with Gasteiger partial charge in [0.15, 0.2) is 0 Å². The Morgan fingerprint density at radius 3 is 2.62 bits per heavy atom. The van der Waals surface area contributed by atoms with E-state index in [-0.39, 0.29) is 0 Å². The van der Waals surface area contributed by atoms with E-state index in [1.165, 1.54) is 44.2 Å². The van der Waals surface area contributed by atoms with E-state index in [4.69, 9.17) is 4.42 Å². The van der Waals surface area contributed by atoms with E-state index in [1.54, 1.807) is 6.26 Å². The van der Waals surface area contributed by atoms with E-state index < -0.39 is 0 Å². The standard InChI is InChI=1S/C14H23NO/c1-2-12-3-5-13(6-4-12)9-15-10-14-7-8-16-11-14/h7-8,11-13,15H,2-6,9-10H2,1H3. The molecule has 0 atom stereocenters. The van der Waals surface area contributed by atoms with Gasteiger partial charge in [-0.15, -0.1) is 0 Å². The summed E-state index contributed by atoms with van der Waals surface area (Å²) in [5, 5.41) is 3.53. The Morgan fingerprint density at radius 1 is 1.25 bits per heavy atom. The van der Waals surface area contributed by atoms with Crippen LogP contribution in [-0.4, -0.2) is 6.54 Å². The lowest BCUT2D eigenvalue weighted by Crippen LogP contribution is -2.26. The topological polar surface area (TPSA) is 25.2 Å². The molecule has 2 rings (SSSR count). The molecule has 2 nitrogen and oxygen atoms in total. The monoisotopic (exact) mass is 221 g/mol. The van der Waals surface area contributed by atoms with Gasteiger partial charge in [0.05, 0.1) is 12.5 Å². The zero-order chi connectivity index (χ0) is 11.2. The minimum atomic E-state index is 0.898. The predicted molar refractivity (Wildman–Crippen MR) is 66.2 cm³/mol. The summed E-state index contributed by atoms with van der Waals surface area (Å²) < 4.78 is 5.05. The van der Waals surface area contributed by atoms with Gasteiger partial charge >= 0.3 is 0 Å². The van der Waals surface area contributed by atoms with Gasteiger partial charge in [-0.1, -0.05) is 26.2 Å². The third kappa shape index (κ3) is 3.38. The first-order chi connectivity index (χ1) is 7.88. The number of hydrogen-bond acceptors (Lipinski definition) is 2. The van der Waals surface area contributed by atoms with Crippen molar-refractivity contribution in [3.8, 4) is 0 Å². The van der Waals surface area contributed by atoms with Crippen LogP contribution in [0.4, 0.5) is 0 Å². The zero-order valence-electron chi connectivity index (χ0n) is 10.2. The van der Waals surface area contributed by atoms with Gasteiger partial charge in [0, 0.05) is 12.1 Å². The molecular formula is C14H23NO. The SMILES string of the molecule is CCC1CCC(CNCc2ccoc2)CC1. The van der Waals surface area contributed by atoms with E-state index in [0.29, 0.717) is 0 Å². The maximum absolute atomic E-state index is 5.05. The lowest BCUT2D eigenvalue weighted by atomic mass is 9.81. The summed E-state index contributed by atoms with van der Waals surface area (Å²) in [5.74, 6) is 1.90. The van der Waals surface area contributed by atoms with Crippen LogP contribution < -0.4 is 5.32 Å². The largest absolute Gasteiger partial charge is 0.472 e. The smallest absolute Gasteiger partial charge is 0.0947 e. The molecule has 0 bridgehead atoms. The summed E-state index contributed by atoms with van der Waals surface area (Å²) in [4.78, 5) is 0. The van der Waals surface area contributed by atoms with E-state index in [0.717, 1.165) is 18.4 Å². The molecule has 1 N–H and O–H groups in total. The molecule has 1 aromatic heterocycles. The number of hydrogen-bond donors (Lipinski definition) is 1. The van der Waals surface area contributed by atoms with Crippen molar-refractivity contribution < 1.29 is 4.42 Å². The van der Waals surface area contributed by atoms with Crippen LogP contribution in [0, 0.1) is 11.8 Å². The molecule has 1 fully saturated rings. The van der Waals surface area contributed by atoms with Gasteiger partial charge in [-0.2, -0.15) is 0 Å². The van der Waals surface area contributed by atoms with Gasteiger partial charge in [-0.05, 0) is 37.3 Å². The Labute approximate surface area is 98.4 Å². The third-order valence-electron chi connectivity index (χ3n) is 3.89. The molecule has 0 aromatic carbocycles. The quantitative estimate of drug-likeness (QED) is 0.822. The Kier molecular flexibility index (Phi) is 4.46. The van der Waals surface area contributed by atoms with Gasteiger partial charge in [0.1, 0.15) is 0 Å². The first kappa shape index (κ1) is 11.7. The molecule has 0 radical (unpaired) electrons. The Balaban J connectivity index is 1.60. The van der Waals surface area contributed by atoms with Crippen LogP contribution in [0.25, 0.3) is 0 Å². The first-order valence-electron chi connectivity index (χ1n) is 6.60. The Bertz CT molecular complexity index is 273. The fourth-order valence-corrected chi connectivity index (χ4v) is 2.66. The lowest BCUT2D eigenvalue weighted by Gasteiger charge is -2.27. The zero-order valence-corrected chi connectivity index (χ0v) is 10.2. The predicted octanol–water partition coefficient (Wildman–Crippen LogP) is 3.59. The van der Waals surface area contributed by atoms with Crippen molar-refractivity contribution in [2.24, 2.45) is 11.8 Å². The van der Waals surface area contributed by atoms with Crippen LogP contribution in [0.5, 0.6) is 0 Å². The second-order valence-corrected chi connectivity index (χ2v) is 5.06. The van der Waals surface area contributed by atoms with Gasteiger partial charge in [-0.3, -0.25) is 0 Å². The Hall–Kier alpha value is -0.760. The van der Waals surface area contributed by atoms with E-state index >= 15 is 0 Å². The summed E-state index contributed by atoms with van der Waals surface area (Å²) in [7, 11) is 0. The van der Waals surface area contributed by atoms with Crippen molar-refractivity contribution in [3.63, 3.8) is 0 Å². The van der Waals surface area contributed by atoms with Gasteiger partial charge < -0.3 is 9.73 Å². The fourth-order valence-electron chi connectivity index (χ4n) is 2.66. The summed E-state index contributed by atoms with van der Waals surface area (Å²) in [5.41, 5.74) is 1.25. The van der Waals surface area contributed by atoms with E-state index in [2.05, 4.69) is 12.2 Å². The molecule has 16 heavy (non-hydrogen) atoms. The van der Waals surface area contributed by atoms with Crippen molar-refractivity contribution in [2.45, 2.75) is 45.6 Å². The van der Waals surface area contributed by atoms with Crippen molar-refractivity contribution in [1.82, 2.24) is 5.32 Å². The molecule has 1 aliphatic carbocycles. The van der Waals surface area contributed by atoms with Gasteiger partial charge in [0.25, 0.3) is 0 Å². The molecule has 0 saturated heterocycles. The Morgan fingerprint density at radius 2 is 2.00 bits per heavy atom. The van der Waals surface area contributed by atoms with Gasteiger partial charge in [-0.25, -0.2) is 0 Å². The molecule has 1 heterocycles. The maximum Gasteiger partial charge on any atom is 0.0947 e. The summed E-state index contributed by atoms with van der Waals surface area (Å²) >= 11 is 0. The molecule has 1 aromatic rings. The second kappa shape index (κ2) is 6.09. The minimum absolute atomic E-state index is 0.898. The molecule has 2 heteroatoms. The molecule has 0 unspecified atom stereocenters. The number of rotatable bonds is 5. The van der Waals surface area contributed by atoms with Crippen LogP contribution in [0.15, 0.2) is 23.0 Å². The van der Waals surface area contributed by atoms with Crippen molar-refractivity contribution in [1.29, 1.82) is 0 Å². The molecule has 1 saturated carbocycles. The van der Waals surface area contributed by atoms with Gasteiger partial charge in [0.2, 0.25) is 0 Å². The van der Waals surface area contributed by atoms with Crippen molar-refractivity contribution in [3.05, 3.63) is 24.2 Å². The average molecular weight is 221 g/mol. The second-order valence-electron chi connectivity index (χ2n) is 5.06. The van der Waals surface area contributed by atoms with E-state index in [9.17, 15) is 0 Å². The highest BCUT2D eigenvalue weighted by Crippen LogP contribution is 2.30. The van der Waals surface area contributed by atoms with E-state index in [1.807, 2.05) is 12.3 Å². The molecule has 1 aliphatic rings. The van der Waals surface area contributed by atoms with Crippen LogP contribution in [0.1, 0.15) is 44.6 Å². The molecule has 0 aliphatic heterocycles. The highest BCUT2D eigenvalue weighted by Gasteiger charge is 2.19. The highest BCUT2D eigenvalue weighted by atomic mass is 16.3. The normalized spacial score (nSPS) is 25.8. The molecule has 0 amide bonds. The van der Waals surface area contributed by atoms with Crippen LogP contribution in [-0.2, 0) is 6.54 Å². The first-order valence-corrected chi connectivity index (χ1v) is 6.60. The minimum Gasteiger partial charge on any atom is -0.472 e.